The van der Waals surface area contributed by atoms with Crippen molar-refractivity contribution >= 4 is 5.91 Å². The molecular formula is C18H27N5O. The van der Waals surface area contributed by atoms with Gasteiger partial charge in [-0.3, -0.25) is 4.79 Å². The Kier molecular flexibility index (Phi) is 4.73. The molecule has 0 aliphatic carbocycles. The van der Waals surface area contributed by atoms with E-state index in [4.69, 9.17) is 0 Å². The molecule has 0 saturated carbocycles. The highest BCUT2D eigenvalue weighted by Gasteiger charge is 2.29. The second-order valence-corrected chi connectivity index (χ2v) is 7.06. The zero-order chi connectivity index (χ0) is 17.3. The molecule has 0 bridgehead atoms. The number of carbonyl (C=O) groups is 1. The lowest BCUT2D eigenvalue weighted by atomic mass is 10.1. The van der Waals surface area contributed by atoms with Crippen LogP contribution < -0.4 is 0 Å². The van der Waals surface area contributed by atoms with Gasteiger partial charge in [0.1, 0.15) is 11.6 Å². The van der Waals surface area contributed by atoms with Crippen LogP contribution in [0, 0.1) is 6.92 Å². The normalized spacial score (nSPS) is 17.9. The summed E-state index contributed by atoms with van der Waals surface area (Å²) in [7, 11) is 2.03. The number of hydrogen-bond donors (Lipinski definition) is 0. The zero-order valence-corrected chi connectivity index (χ0v) is 15.1. The van der Waals surface area contributed by atoms with Gasteiger partial charge in [-0.05, 0) is 13.3 Å². The van der Waals surface area contributed by atoms with E-state index in [1.807, 2.05) is 37.5 Å². The van der Waals surface area contributed by atoms with Gasteiger partial charge in [-0.1, -0.05) is 13.8 Å². The van der Waals surface area contributed by atoms with Crippen molar-refractivity contribution in [2.24, 2.45) is 7.05 Å². The van der Waals surface area contributed by atoms with Crippen LogP contribution in [-0.2, 0) is 18.4 Å². The van der Waals surface area contributed by atoms with Crippen LogP contribution in [0.5, 0.6) is 0 Å². The molecule has 130 valence electrons. The van der Waals surface area contributed by atoms with E-state index in [-0.39, 0.29) is 5.91 Å². The van der Waals surface area contributed by atoms with Crippen molar-refractivity contribution in [3.05, 3.63) is 35.9 Å². The molecule has 6 nitrogen and oxygen atoms in total. The van der Waals surface area contributed by atoms with E-state index in [1.54, 1.807) is 0 Å². The number of aromatic nitrogens is 4. The number of carbonyl (C=O) groups excluding carboxylic acids is 1. The van der Waals surface area contributed by atoms with Crippen molar-refractivity contribution in [1.29, 1.82) is 0 Å². The summed E-state index contributed by atoms with van der Waals surface area (Å²) in [4.78, 5) is 23.5. The van der Waals surface area contributed by atoms with Crippen molar-refractivity contribution in [1.82, 2.24) is 24.0 Å². The highest BCUT2D eigenvalue weighted by atomic mass is 16.2. The van der Waals surface area contributed by atoms with Crippen molar-refractivity contribution in [3.63, 3.8) is 0 Å². The molecule has 0 radical (unpaired) electrons. The van der Waals surface area contributed by atoms with Gasteiger partial charge in [-0.15, -0.1) is 0 Å². The lowest BCUT2D eigenvalue weighted by Gasteiger charge is -2.17. The number of likely N-dealkylation sites (tertiary alicyclic amines) is 1. The molecule has 1 atom stereocenters. The van der Waals surface area contributed by atoms with Crippen LogP contribution >= 0.6 is 0 Å². The number of imidazole rings is 2. The Morgan fingerprint density at radius 2 is 2.21 bits per heavy atom. The summed E-state index contributed by atoms with van der Waals surface area (Å²) in [5.41, 5.74) is 1.04. The summed E-state index contributed by atoms with van der Waals surface area (Å²) in [6.45, 7) is 8.58. The van der Waals surface area contributed by atoms with Gasteiger partial charge < -0.3 is 14.0 Å². The molecule has 0 unspecified atom stereocenters. The number of rotatable bonds is 5. The smallest absolute Gasteiger partial charge is 0.224 e. The van der Waals surface area contributed by atoms with Crippen molar-refractivity contribution in [2.75, 3.05) is 13.1 Å². The fourth-order valence-corrected chi connectivity index (χ4v) is 3.60. The first-order valence-corrected chi connectivity index (χ1v) is 8.74. The van der Waals surface area contributed by atoms with Gasteiger partial charge in [0, 0.05) is 63.5 Å². The summed E-state index contributed by atoms with van der Waals surface area (Å²) in [6, 6.07) is 0. The van der Waals surface area contributed by atoms with E-state index in [2.05, 4.69) is 32.9 Å². The topological polar surface area (TPSA) is 56.0 Å². The van der Waals surface area contributed by atoms with E-state index in [9.17, 15) is 4.79 Å². The lowest BCUT2D eigenvalue weighted by molar-refractivity contribution is -0.130. The molecule has 1 aliphatic rings. The monoisotopic (exact) mass is 329 g/mol. The first kappa shape index (κ1) is 16.7. The molecule has 6 heteroatoms. The SMILES string of the molecule is Cc1cn(C)c([C@H]2CCN(C(=O)CCn3ccnc3C(C)C)C2)n1. The Morgan fingerprint density at radius 3 is 2.88 bits per heavy atom. The molecule has 24 heavy (non-hydrogen) atoms. The Labute approximate surface area is 143 Å². The molecular weight excluding hydrogens is 302 g/mol. The van der Waals surface area contributed by atoms with Gasteiger partial charge in [0.2, 0.25) is 5.91 Å². The highest BCUT2D eigenvalue weighted by Crippen LogP contribution is 2.26. The molecule has 0 N–H and O–H groups in total. The average molecular weight is 329 g/mol. The minimum atomic E-state index is 0.229. The minimum Gasteiger partial charge on any atom is -0.342 e. The minimum absolute atomic E-state index is 0.229. The zero-order valence-electron chi connectivity index (χ0n) is 15.1. The van der Waals surface area contributed by atoms with Crippen molar-refractivity contribution in [3.8, 4) is 0 Å². The largest absolute Gasteiger partial charge is 0.342 e. The first-order chi connectivity index (χ1) is 11.5. The number of hydrogen-bond acceptors (Lipinski definition) is 3. The molecule has 1 amide bonds. The summed E-state index contributed by atoms with van der Waals surface area (Å²) in [5.74, 6) is 3.10. The molecule has 1 fully saturated rings. The first-order valence-electron chi connectivity index (χ1n) is 8.74. The maximum atomic E-state index is 12.6. The van der Waals surface area contributed by atoms with E-state index in [0.29, 0.717) is 24.8 Å². The van der Waals surface area contributed by atoms with Crippen LogP contribution in [0.25, 0.3) is 0 Å². The molecule has 0 aromatic carbocycles. The van der Waals surface area contributed by atoms with Gasteiger partial charge in [0.15, 0.2) is 0 Å². The van der Waals surface area contributed by atoms with E-state index in [0.717, 1.165) is 36.9 Å². The average Bonchev–Trinajstić information content (AvgIpc) is 3.23. The van der Waals surface area contributed by atoms with Gasteiger partial charge >= 0.3 is 0 Å². The van der Waals surface area contributed by atoms with Gasteiger partial charge in [0.25, 0.3) is 0 Å². The van der Waals surface area contributed by atoms with Crippen molar-refractivity contribution in [2.45, 2.75) is 52.0 Å². The van der Waals surface area contributed by atoms with E-state index >= 15 is 0 Å². The highest BCUT2D eigenvalue weighted by molar-refractivity contribution is 5.76. The number of aryl methyl sites for hydroxylation is 3. The van der Waals surface area contributed by atoms with Crippen LogP contribution in [-0.4, -0.2) is 43.0 Å². The molecule has 1 aliphatic heterocycles. The van der Waals surface area contributed by atoms with Crippen LogP contribution in [0.3, 0.4) is 0 Å². The maximum Gasteiger partial charge on any atom is 0.224 e. The predicted octanol–water partition coefficient (Wildman–Crippen LogP) is 2.45. The quantitative estimate of drug-likeness (QED) is 0.847. The van der Waals surface area contributed by atoms with Crippen LogP contribution in [0.4, 0.5) is 0 Å². The Morgan fingerprint density at radius 1 is 1.42 bits per heavy atom. The third-order valence-corrected chi connectivity index (χ3v) is 4.77. The fraction of sp³-hybridized carbons (Fsp3) is 0.611. The van der Waals surface area contributed by atoms with E-state index in [1.165, 1.54) is 0 Å². The number of amides is 1. The van der Waals surface area contributed by atoms with Crippen LogP contribution in [0.15, 0.2) is 18.6 Å². The predicted molar refractivity (Wildman–Crippen MR) is 92.8 cm³/mol. The molecule has 3 rings (SSSR count). The second-order valence-electron chi connectivity index (χ2n) is 7.06. The fourth-order valence-electron chi connectivity index (χ4n) is 3.60. The Hall–Kier alpha value is -2.11. The Balaban J connectivity index is 1.57. The summed E-state index contributed by atoms with van der Waals surface area (Å²) < 4.78 is 4.19. The summed E-state index contributed by atoms with van der Waals surface area (Å²) in [5, 5.41) is 0. The van der Waals surface area contributed by atoms with Crippen molar-refractivity contribution < 1.29 is 4.79 Å². The molecule has 1 saturated heterocycles. The van der Waals surface area contributed by atoms with Crippen LogP contribution in [0.1, 0.15) is 55.9 Å². The lowest BCUT2D eigenvalue weighted by Crippen LogP contribution is -2.29. The standard InChI is InChI=1S/C18H27N5O/c1-13(2)17-19-7-10-22(17)9-6-16(24)23-8-5-15(12-23)18-20-14(3)11-21(18)4/h7,10-11,13,15H,5-6,8-9,12H2,1-4H3/t15-/m0/s1. The van der Waals surface area contributed by atoms with Crippen LogP contribution in [0.2, 0.25) is 0 Å². The molecule has 2 aromatic rings. The third-order valence-electron chi connectivity index (χ3n) is 4.77. The Bertz CT molecular complexity index is 715. The van der Waals surface area contributed by atoms with Gasteiger partial charge in [-0.2, -0.15) is 0 Å². The number of nitrogens with zero attached hydrogens (tertiary/aromatic N) is 5. The third kappa shape index (κ3) is 3.37. The molecule has 2 aromatic heterocycles. The van der Waals surface area contributed by atoms with Gasteiger partial charge in [-0.25, -0.2) is 9.97 Å². The van der Waals surface area contributed by atoms with E-state index < -0.39 is 0 Å². The second kappa shape index (κ2) is 6.79. The summed E-state index contributed by atoms with van der Waals surface area (Å²) >= 11 is 0. The molecule has 0 spiro atoms. The molecule has 3 heterocycles. The van der Waals surface area contributed by atoms with Gasteiger partial charge in [0.05, 0.1) is 5.69 Å². The maximum absolute atomic E-state index is 12.6. The summed E-state index contributed by atoms with van der Waals surface area (Å²) in [6.07, 6.45) is 7.36.